The van der Waals surface area contributed by atoms with Gasteiger partial charge in [0.15, 0.2) is 0 Å². The van der Waals surface area contributed by atoms with Crippen LogP contribution >= 0.6 is 0 Å². The van der Waals surface area contributed by atoms with Crippen LogP contribution in [0.3, 0.4) is 0 Å². The molecule has 0 aromatic carbocycles. The first kappa shape index (κ1) is 11.9. The van der Waals surface area contributed by atoms with Gasteiger partial charge in [-0.25, -0.2) is 4.79 Å². The first-order valence-electron chi connectivity index (χ1n) is 2.20. The molecule has 9 heavy (non-hydrogen) atoms. The molecule has 0 saturated carbocycles. The van der Waals surface area contributed by atoms with Gasteiger partial charge in [0.25, 0.3) is 0 Å². The fourth-order valence-electron chi connectivity index (χ4n) is 0.209. The van der Waals surface area contributed by atoms with E-state index in [4.69, 9.17) is 0 Å². The topological polar surface area (TPSA) is 26.3 Å². The van der Waals surface area contributed by atoms with Crippen molar-refractivity contribution in [3.63, 3.8) is 0 Å². The van der Waals surface area contributed by atoms with Gasteiger partial charge in [0.2, 0.25) is 5.83 Å². The third-order valence-electron chi connectivity index (χ3n) is 0.497. The minimum atomic E-state index is -1.05. The number of hydrogen-bond donors (Lipinski definition) is 0. The van der Waals surface area contributed by atoms with Gasteiger partial charge in [-0.1, -0.05) is 6.58 Å². The molecule has 47 valence electrons. The summed E-state index contributed by atoms with van der Waals surface area (Å²) in [6.45, 7) is 4.51. The molecule has 0 spiro atoms. The molecular formula is C5H7FNaO2. The fraction of sp³-hybridized carbons (Fsp3) is 0.400. The smallest absolute Gasteiger partial charge is 0.366 e. The van der Waals surface area contributed by atoms with E-state index in [-0.39, 0.29) is 36.2 Å². The van der Waals surface area contributed by atoms with Crippen LogP contribution < -0.4 is 0 Å². The molecule has 0 saturated heterocycles. The molecule has 0 atom stereocenters. The van der Waals surface area contributed by atoms with Crippen LogP contribution in [0.15, 0.2) is 12.4 Å². The summed E-state index contributed by atoms with van der Waals surface area (Å²) < 4.78 is 15.8. The van der Waals surface area contributed by atoms with Crippen molar-refractivity contribution in [2.24, 2.45) is 0 Å². The maximum Gasteiger partial charge on any atom is 0.366 e. The van der Waals surface area contributed by atoms with Crippen molar-refractivity contribution < 1.29 is 13.9 Å². The molecule has 2 nitrogen and oxygen atoms in total. The monoisotopic (exact) mass is 141 g/mol. The number of carbonyl (C=O) groups is 1. The number of esters is 1. The molecule has 0 heterocycles. The molecule has 0 amide bonds. The number of rotatable bonds is 2. The van der Waals surface area contributed by atoms with E-state index in [9.17, 15) is 9.18 Å². The largest absolute Gasteiger partial charge is 0.461 e. The maximum atomic E-state index is 11.6. The maximum absolute atomic E-state index is 11.6. The quantitative estimate of drug-likeness (QED) is 0.320. The Morgan fingerprint density at radius 1 is 1.78 bits per heavy atom. The minimum absolute atomic E-state index is 0. The van der Waals surface area contributed by atoms with Gasteiger partial charge < -0.3 is 4.74 Å². The SMILES string of the molecule is C=C(F)C(=O)OCC.[Na]. The molecule has 4 heteroatoms. The van der Waals surface area contributed by atoms with Crippen molar-refractivity contribution >= 4 is 35.5 Å². The van der Waals surface area contributed by atoms with Crippen LogP contribution in [-0.2, 0) is 9.53 Å². The molecule has 0 unspecified atom stereocenters. The van der Waals surface area contributed by atoms with Crippen molar-refractivity contribution in [3.05, 3.63) is 12.4 Å². The third-order valence-corrected chi connectivity index (χ3v) is 0.497. The van der Waals surface area contributed by atoms with Crippen LogP contribution in [0.2, 0.25) is 0 Å². The zero-order valence-electron chi connectivity index (χ0n) is 5.61. The van der Waals surface area contributed by atoms with Crippen LogP contribution in [0.5, 0.6) is 0 Å². The first-order valence-corrected chi connectivity index (χ1v) is 2.20. The number of halogens is 1. The second kappa shape index (κ2) is 6.26. The van der Waals surface area contributed by atoms with Gasteiger partial charge in [-0.3, -0.25) is 0 Å². The zero-order chi connectivity index (χ0) is 6.57. The van der Waals surface area contributed by atoms with Crippen molar-refractivity contribution in [2.75, 3.05) is 6.61 Å². The van der Waals surface area contributed by atoms with Gasteiger partial charge in [-0.05, 0) is 6.92 Å². The van der Waals surface area contributed by atoms with Gasteiger partial charge in [-0.2, -0.15) is 4.39 Å². The van der Waals surface area contributed by atoms with Gasteiger partial charge in [0, 0.05) is 29.6 Å². The van der Waals surface area contributed by atoms with E-state index in [0.717, 1.165) is 0 Å². The molecule has 1 radical (unpaired) electrons. The summed E-state index contributed by atoms with van der Waals surface area (Å²) in [7, 11) is 0. The molecule has 0 aliphatic heterocycles. The normalized spacial score (nSPS) is 7.33. The number of carbonyl (C=O) groups excluding carboxylic acids is 1. The molecule has 0 aliphatic carbocycles. The standard InChI is InChI=1S/C5H7FO2.Na/c1-3-8-5(7)4(2)6;/h2-3H2,1H3;. The van der Waals surface area contributed by atoms with E-state index in [1.54, 1.807) is 6.92 Å². The van der Waals surface area contributed by atoms with E-state index in [1.165, 1.54) is 0 Å². The Morgan fingerprint density at radius 3 is 2.33 bits per heavy atom. The number of hydrogen-bond acceptors (Lipinski definition) is 2. The fourth-order valence-corrected chi connectivity index (χ4v) is 0.209. The Hall–Kier alpha value is 0.140. The van der Waals surface area contributed by atoms with Crippen molar-refractivity contribution in [3.8, 4) is 0 Å². The van der Waals surface area contributed by atoms with Crippen molar-refractivity contribution in [1.82, 2.24) is 0 Å². The average Bonchev–Trinajstić information content (AvgIpc) is 1.67. The average molecular weight is 141 g/mol. The summed E-state index contributed by atoms with van der Waals surface area (Å²) in [6, 6.07) is 0. The zero-order valence-corrected chi connectivity index (χ0v) is 7.61. The van der Waals surface area contributed by atoms with Crippen LogP contribution in [0.25, 0.3) is 0 Å². The molecule has 0 rings (SSSR count). The van der Waals surface area contributed by atoms with Crippen molar-refractivity contribution in [1.29, 1.82) is 0 Å². The van der Waals surface area contributed by atoms with E-state index in [2.05, 4.69) is 11.3 Å². The molecule has 0 aromatic rings. The molecular weight excluding hydrogens is 134 g/mol. The summed E-state index contributed by atoms with van der Waals surface area (Å²) >= 11 is 0. The van der Waals surface area contributed by atoms with Crippen LogP contribution in [-0.4, -0.2) is 42.1 Å². The Balaban J connectivity index is 0. The second-order valence-electron chi connectivity index (χ2n) is 1.13. The van der Waals surface area contributed by atoms with E-state index in [1.807, 2.05) is 0 Å². The van der Waals surface area contributed by atoms with Gasteiger partial charge >= 0.3 is 5.97 Å². The summed E-state index contributed by atoms with van der Waals surface area (Å²) in [5.74, 6) is -2.03. The van der Waals surface area contributed by atoms with E-state index < -0.39 is 11.8 Å². The van der Waals surface area contributed by atoms with Crippen molar-refractivity contribution in [2.45, 2.75) is 6.92 Å². The Labute approximate surface area is 75.4 Å². The Bertz CT molecular complexity index is 114. The summed E-state index contributed by atoms with van der Waals surface area (Å²) in [6.07, 6.45) is 0. The summed E-state index contributed by atoms with van der Waals surface area (Å²) in [4.78, 5) is 10.0. The Morgan fingerprint density at radius 2 is 2.22 bits per heavy atom. The summed E-state index contributed by atoms with van der Waals surface area (Å²) in [5.41, 5.74) is 0. The predicted octanol–water partition coefficient (Wildman–Crippen LogP) is 0.652. The van der Waals surface area contributed by atoms with Gasteiger partial charge in [0.05, 0.1) is 6.61 Å². The molecule has 0 aliphatic rings. The summed E-state index contributed by atoms with van der Waals surface area (Å²) in [5, 5.41) is 0. The molecule has 0 bridgehead atoms. The van der Waals surface area contributed by atoms with E-state index >= 15 is 0 Å². The van der Waals surface area contributed by atoms with Gasteiger partial charge in [0.1, 0.15) is 0 Å². The van der Waals surface area contributed by atoms with Crippen LogP contribution in [0.1, 0.15) is 6.92 Å². The van der Waals surface area contributed by atoms with E-state index in [0.29, 0.717) is 0 Å². The molecule has 0 fully saturated rings. The van der Waals surface area contributed by atoms with Crippen LogP contribution in [0.4, 0.5) is 4.39 Å². The predicted molar refractivity (Wildman–Crippen MR) is 32.6 cm³/mol. The Kier molecular flexibility index (Phi) is 8.27. The van der Waals surface area contributed by atoms with Gasteiger partial charge in [-0.15, -0.1) is 0 Å². The minimum Gasteiger partial charge on any atom is -0.461 e. The van der Waals surface area contributed by atoms with Crippen LogP contribution in [0, 0.1) is 0 Å². The molecule has 0 N–H and O–H groups in total. The third kappa shape index (κ3) is 6.02. The molecule has 0 aromatic heterocycles. The number of ether oxygens (including phenoxy) is 1. The second-order valence-corrected chi connectivity index (χ2v) is 1.13. The first-order chi connectivity index (χ1) is 3.68.